The van der Waals surface area contributed by atoms with Crippen LogP contribution in [0.15, 0.2) is 41.0 Å². The van der Waals surface area contributed by atoms with E-state index in [0.717, 1.165) is 5.69 Å². The molecular weight excluding hydrogens is 382 g/mol. The van der Waals surface area contributed by atoms with Gasteiger partial charge < -0.3 is 9.72 Å². The lowest BCUT2D eigenvalue weighted by Gasteiger charge is -2.03. The van der Waals surface area contributed by atoms with Gasteiger partial charge in [0.05, 0.1) is 5.69 Å². The second kappa shape index (κ2) is 7.55. The van der Waals surface area contributed by atoms with E-state index in [1.54, 1.807) is 35.8 Å². The van der Waals surface area contributed by atoms with Gasteiger partial charge in [0, 0.05) is 22.3 Å². The zero-order chi connectivity index (χ0) is 17.9. The van der Waals surface area contributed by atoms with Gasteiger partial charge in [-0.05, 0) is 30.7 Å². The first-order valence-electron chi connectivity index (χ1n) is 7.54. The minimum Gasteiger partial charge on any atom is -0.486 e. The Labute approximate surface area is 154 Å². The van der Waals surface area contributed by atoms with E-state index >= 15 is 0 Å². The third-order valence-corrected chi connectivity index (χ3v) is 5.99. The molecule has 25 heavy (non-hydrogen) atoms. The van der Waals surface area contributed by atoms with Crippen LogP contribution in [0.1, 0.15) is 23.3 Å². The van der Waals surface area contributed by atoms with Crippen LogP contribution < -0.4 is 4.74 Å². The molecule has 0 aliphatic rings. The smallest absolute Gasteiger partial charge is 0.225 e. The van der Waals surface area contributed by atoms with Crippen molar-refractivity contribution in [1.29, 1.82) is 0 Å². The van der Waals surface area contributed by atoms with Crippen molar-refractivity contribution in [1.82, 2.24) is 15.0 Å². The molecule has 6 nitrogen and oxygen atoms in total. The van der Waals surface area contributed by atoms with Crippen molar-refractivity contribution in [3.63, 3.8) is 0 Å². The predicted molar refractivity (Wildman–Crippen MR) is 96.8 cm³/mol. The number of sulfone groups is 1. The third kappa shape index (κ3) is 4.59. The van der Waals surface area contributed by atoms with Gasteiger partial charge in [0.25, 0.3) is 0 Å². The van der Waals surface area contributed by atoms with Crippen LogP contribution in [0.5, 0.6) is 5.75 Å². The fraction of sp³-hybridized carbons (Fsp3) is 0.250. The van der Waals surface area contributed by atoms with Crippen molar-refractivity contribution < 1.29 is 13.2 Å². The largest absolute Gasteiger partial charge is 0.486 e. The molecule has 9 heteroatoms. The molecule has 0 aliphatic heterocycles. The Hall–Kier alpha value is -1.90. The van der Waals surface area contributed by atoms with Crippen LogP contribution in [-0.2, 0) is 28.6 Å². The van der Waals surface area contributed by atoms with Gasteiger partial charge in [0.15, 0.2) is 0 Å². The van der Waals surface area contributed by atoms with E-state index in [1.807, 2.05) is 6.92 Å². The molecule has 0 bridgehead atoms. The van der Waals surface area contributed by atoms with E-state index < -0.39 is 9.84 Å². The monoisotopic (exact) mass is 397 g/mol. The molecular formula is C16H16ClN3O3S2. The van der Waals surface area contributed by atoms with Crippen LogP contribution in [0.25, 0.3) is 0 Å². The maximum Gasteiger partial charge on any atom is 0.225 e. The number of hydrogen-bond donors (Lipinski definition) is 1. The quantitative estimate of drug-likeness (QED) is 0.657. The van der Waals surface area contributed by atoms with Crippen LogP contribution in [0.4, 0.5) is 0 Å². The molecule has 0 unspecified atom stereocenters. The highest BCUT2D eigenvalue weighted by Gasteiger charge is 2.20. The minimum atomic E-state index is -3.54. The summed E-state index contributed by atoms with van der Waals surface area (Å²) in [6.07, 6.45) is 2.24. The average Bonchev–Trinajstić information content (AvgIpc) is 3.23. The first kappa shape index (κ1) is 17.9. The Kier molecular flexibility index (Phi) is 5.41. The molecule has 1 N–H and O–H groups in total. The standard InChI is InChI=1S/C16H16ClN3O3S2/c1-2-12-7-18-16(20-12)25(21,22)10-13-9-24-15(19-13)8-23-14-5-3-11(17)4-6-14/h3-7,9H,2,8,10H2,1H3,(H,18,20). The van der Waals surface area contributed by atoms with E-state index in [-0.39, 0.29) is 17.5 Å². The molecule has 132 valence electrons. The molecule has 0 aliphatic carbocycles. The lowest BCUT2D eigenvalue weighted by molar-refractivity contribution is 0.305. The van der Waals surface area contributed by atoms with Gasteiger partial charge in [-0.25, -0.2) is 18.4 Å². The summed E-state index contributed by atoms with van der Waals surface area (Å²) < 4.78 is 30.4. The fourth-order valence-corrected chi connectivity index (χ4v) is 4.21. The number of benzene rings is 1. The first-order valence-corrected chi connectivity index (χ1v) is 10.5. The highest BCUT2D eigenvalue weighted by atomic mass is 35.5. The Morgan fingerprint density at radius 2 is 2.04 bits per heavy atom. The summed E-state index contributed by atoms with van der Waals surface area (Å²) in [7, 11) is -3.54. The molecule has 3 rings (SSSR count). The number of rotatable bonds is 7. The molecule has 0 saturated carbocycles. The molecule has 1 aromatic carbocycles. The summed E-state index contributed by atoms with van der Waals surface area (Å²) in [5, 5.41) is 3.05. The summed E-state index contributed by atoms with van der Waals surface area (Å²) in [6, 6.07) is 7.02. The van der Waals surface area contributed by atoms with E-state index in [9.17, 15) is 8.42 Å². The SMILES string of the molecule is CCc1cnc(S(=O)(=O)Cc2csc(COc3ccc(Cl)cc3)n2)[nH]1. The molecule has 0 fully saturated rings. The van der Waals surface area contributed by atoms with E-state index in [1.165, 1.54) is 11.3 Å². The maximum atomic E-state index is 12.4. The second-order valence-electron chi connectivity index (χ2n) is 5.30. The Bertz CT molecular complexity index is 949. The number of ether oxygens (including phenoxy) is 1. The van der Waals surface area contributed by atoms with Crippen LogP contribution in [0.3, 0.4) is 0 Å². The van der Waals surface area contributed by atoms with Gasteiger partial charge in [0.1, 0.15) is 23.1 Å². The maximum absolute atomic E-state index is 12.4. The second-order valence-corrected chi connectivity index (χ2v) is 8.59. The van der Waals surface area contributed by atoms with E-state index in [0.29, 0.717) is 27.9 Å². The van der Waals surface area contributed by atoms with Crippen molar-refractivity contribution in [2.24, 2.45) is 0 Å². The summed E-state index contributed by atoms with van der Waals surface area (Å²) in [4.78, 5) is 11.1. The zero-order valence-electron chi connectivity index (χ0n) is 13.4. The third-order valence-electron chi connectivity index (χ3n) is 3.39. The number of aromatic amines is 1. The molecule has 0 amide bonds. The van der Waals surface area contributed by atoms with Crippen LogP contribution >= 0.6 is 22.9 Å². The number of aryl methyl sites for hydroxylation is 1. The average molecular weight is 398 g/mol. The molecule has 0 saturated heterocycles. The van der Waals surface area contributed by atoms with E-state index in [4.69, 9.17) is 16.3 Å². The topological polar surface area (TPSA) is 84.9 Å². The Morgan fingerprint density at radius 3 is 2.72 bits per heavy atom. The number of hydrogen-bond acceptors (Lipinski definition) is 6. The summed E-state index contributed by atoms with van der Waals surface area (Å²) in [6.45, 7) is 2.20. The van der Waals surface area contributed by atoms with Gasteiger partial charge >= 0.3 is 0 Å². The molecule has 2 aromatic heterocycles. The number of H-pyrrole nitrogens is 1. The van der Waals surface area contributed by atoms with Crippen molar-refractivity contribution in [3.8, 4) is 5.75 Å². The minimum absolute atomic E-state index is 0.0173. The fourth-order valence-electron chi connectivity index (χ4n) is 2.10. The van der Waals surface area contributed by atoms with Crippen LogP contribution in [-0.4, -0.2) is 23.4 Å². The number of thiazole rings is 1. The number of halogens is 1. The van der Waals surface area contributed by atoms with Crippen molar-refractivity contribution in [3.05, 3.63) is 57.3 Å². The molecule has 0 spiro atoms. The lowest BCUT2D eigenvalue weighted by atomic mass is 10.3. The van der Waals surface area contributed by atoms with Gasteiger partial charge in [0.2, 0.25) is 15.0 Å². The van der Waals surface area contributed by atoms with Gasteiger partial charge in [-0.3, -0.25) is 0 Å². The number of nitrogens with zero attached hydrogens (tertiary/aromatic N) is 2. The van der Waals surface area contributed by atoms with Gasteiger partial charge in [-0.1, -0.05) is 18.5 Å². The number of nitrogens with one attached hydrogen (secondary N) is 1. The summed E-state index contributed by atoms with van der Waals surface area (Å²) in [5.41, 5.74) is 1.27. The van der Waals surface area contributed by atoms with Crippen molar-refractivity contribution >= 4 is 32.8 Å². The van der Waals surface area contributed by atoms with Crippen LogP contribution in [0.2, 0.25) is 5.02 Å². The number of aromatic nitrogens is 3. The molecule has 2 heterocycles. The molecule has 3 aromatic rings. The lowest BCUT2D eigenvalue weighted by Crippen LogP contribution is -2.07. The normalized spacial score (nSPS) is 11.6. The van der Waals surface area contributed by atoms with Gasteiger partial charge in [-0.15, -0.1) is 11.3 Å². The van der Waals surface area contributed by atoms with E-state index in [2.05, 4.69) is 15.0 Å². The highest BCUT2D eigenvalue weighted by molar-refractivity contribution is 7.90. The zero-order valence-corrected chi connectivity index (χ0v) is 15.8. The predicted octanol–water partition coefficient (Wildman–Crippen LogP) is 3.63. The highest BCUT2D eigenvalue weighted by Crippen LogP contribution is 2.20. The Balaban J connectivity index is 1.63. The first-order chi connectivity index (χ1) is 12.0. The summed E-state index contributed by atoms with van der Waals surface area (Å²) in [5.74, 6) is 0.484. The van der Waals surface area contributed by atoms with Crippen molar-refractivity contribution in [2.45, 2.75) is 30.9 Å². The van der Waals surface area contributed by atoms with Crippen molar-refractivity contribution in [2.75, 3.05) is 0 Å². The molecule has 0 atom stereocenters. The Morgan fingerprint density at radius 1 is 1.28 bits per heavy atom. The van der Waals surface area contributed by atoms with Crippen LogP contribution in [0, 0.1) is 0 Å². The number of imidazole rings is 1. The van der Waals surface area contributed by atoms with Gasteiger partial charge in [-0.2, -0.15) is 0 Å². The molecule has 0 radical (unpaired) electrons. The summed E-state index contributed by atoms with van der Waals surface area (Å²) >= 11 is 7.18.